The summed E-state index contributed by atoms with van der Waals surface area (Å²) in [5.74, 6) is 0. The van der Waals surface area contributed by atoms with Crippen LogP contribution in [-0.2, 0) is 6.54 Å². The predicted molar refractivity (Wildman–Crippen MR) is 83.9 cm³/mol. The fourth-order valence-electron chi connectivity index (χ4n) is 2.77. The van der Waals surface area contributed by atoms with Crippen molar-refractivity contribution in [3.63, 3.8) is 0 Å². The maximum Gasteiger partial charge on any atom is 0.0243 e. The molecule has 1 fully saturated rings. The van der Waals surface area contributed by atoms with Crippen molar-refractivity contribution in [1.82, 2.24) is 10.2 Å². The molecule has 0 bridgehead atoms. The van der Waals surface area contributed by atoms with Crippen LogP contribution in [0.25, 0.3) is 10.8 Å². The van der Waals surface area contributed by atoms with Crippen molar-refractivity contribution in [2.75, 3.05) is 19.6 Å². The number of rotatable bonds is 2. The van der Waals surface area contributed by atoms with Gasteiger partial charge >= 0.3 is 0 Å². The molecule has 0 saturated carbocycles. The van der Waals surface area contributed by atoms with Gasteiger partial charge in [-0.25, -0.2) is 0 Å². The molecular weight excluding hydrogens is 256 g/mol. The molecule has 2 nitrogen and oxygen atoms in total. The van der Waals surface area contributed by atoms with Gasteiger partial charge in [-0.15, -0.1) is 12.4 Å². The molecule has 1 heterocycles. The van der Waals surface area contributed by atoms with Gasteiger partial charge in [0.2, 0.25) is 0 Å². The SMILES string of the molecule is C[C@H]1CNCCN1Cc1cccc2ccccc12.Cl. The van der Waals surface area contributed by atoms with Gasteiger partial charge in [0.05, 0.1) is 0 Å². The minimum absolute atomic E-state index is 0. The van der Waals surface area contributed by atoms with Gasteiger partial charge in [-0.2, -0.15) is 0 Å². The molecule has 2 aromatic rings. The molecule has 0 radical (unpaired) electrons. The fourth-order valence-corrected chi connectivity index (χ4v) is 2.77. The molecule has 19 heavy (non-hydrogen) atoms. The van der Waals surface area contributed by atoms with Crippen LogP contribution in [0.15, 0.2) is 42.5 Å². The first-order valence-electron chi connectivity index (χ1n) is 6.76. The summed E-state index contributed by atoms with van der Waals surface area (Å²) in [5, 5.41) is 6.19. The average molecular weight is 277 g/mol. The molecule has 1 atom stereocenters. The number of fused-ring (bicyclic) bond motifs is 1. The fraction of sp³-hybridized carbons (Fsp3) is 0.375. The largest absolute Gasteiger partial charge is 0.314 e. The van der Waals surface area contributed by atoms with Crippen LogP contribution in [0.2, 0.25) is 0 Å². The van der Waals surface area contributed by atoms with E-state index in [2.05, 4.69) is 59.6 Å². The Morgan fingerprint density at radius 3 is 2.79 bits per heavy atom. The van der Waals surface area contributed by atoms with Gasteiger partial charge in [0.25, 0.3) is 0 Å². The third kappa shape index (κ3) is 3.08. The molecule has 1 aliphatic heterocycles. The smallest absolute Gasteiger partial charge is 0.0243 e. The van der Waals surface area contributed by atoms with E-state index in [4.69, 9.17) is 0 Å². The van der Waals surface area contributed by atoms with E-state index in [1.807, 2.05) is 0 Å². The van der Waals surface area contributed by atoms with Crippen LogP contribution in [0.1, 0.15) is 12.5 Å². The summed E-state index contributed by atoms with van der Waals surface area (Å²) >= 11 is 0. The highest BCUT2D eigenvalue weighted by molar-refractivity contribution is 5.85. The lowest BCUT2D eigenvalue weighted by atomic mass is 10.0. The molecule has 2 aromatic carbocycles. The van der Waals surface area contributed by atoms with Crippen molar-refractivity contribution in [2.24, 2.45) is 0 Å². The highest BCUT2D eigenvalue weighted by Gasteiger charge is 2.18. The molecule has 0 spiro atoms. The molecular formula is C16H21ClN2. The Kier molecular flexibility index (Phi) is 4.81. The van der Waals surface area contributed by atoms with E-state index in [1.54, 1.807) is 0 Å². The molecule has 3 rings (SSSR count). The first-order chi connectivity index (χ1) is 8.84. The molecule has 102 valence electrons. The molecule has 3 heteroatoms. The summed E-state index contributed by atoms with van der Waals surface area (Å²) in [5.41, 5.74) is 1.45. The lowest BCUT2D eigenvalue weighted by Crippen LogP contribution is -2.49. The summed E-state index contributed by atoms with van der Waals surface area (Å²) in [7, 11) is 0. The Hall–Kier alpha value is -1.09. The Labute approximate surface area is 121 Å². The van der Waals surface area contributed by atoms with E-state index in [-0.39, 0.29) is 12.4 Å². The van der Waals surface area contributed by atoms with Crippen molar-refractivity contribution in [3.8, 4) is 0 Å². The topological polar surface area (TPSA) is 15.3 Å². The molecule has 0 aromatic heterocycles. The molecule has 1 saturated heterocycles. The van der Waals surface area contributed by atoms with Gasteiger partial charge in [-0.3, -0.25) is 4.90 Å². The standard InChI is InChI=1S/C16H20N2.ClH/c1-13-11-17-9-10-18(13)12-15-7-4-6-14-5-2-3-8-16(14)15;/h2-8,13,17H,9-12H2,1H3;1H/t13-;/m0./s1. The van der Waals surface area contributed by atoms with Crippen LogP contribution >= 0.6 is 12.4 Å². The molecule has 0 aliphatic carbocycles. The summed E-state index contributed by atoms with van der Waals surface area (Å²) in [6, 6.07) is 15.9. The number of hydrogen-bond acceptors (Lipinski definition) is 2. The van der Waals surface area contributed by atoms with Crippen molar-refractivity contribution < 1.29 is 0 Å². The van der Waals surface area contributed by atoms with Crippen LogP contribution in [0.5, 0.6) is 0 Å². The molecule has 0 unspecified atom stereocenters. The first kappa shape index (κ1) is 14.3. The van der Waals surface area contributed by atoms with Crippen LogP contribution in [0.3, 0.4) is 0 Å². The van der Waals surface area contributed by atoms with Crippen LogP contribution in [0.4, 0.5) is 0 Å². The van der Waals surface area contributed by atoms with Gasteiger partial charge in [-0.05, 0) is 23.3 Å². The van der Waals surface area contributed by atoms with E-state index in [1.165, 1.54) is 16.3 Å². The lowest BCUT2D eigenvalue weighted by Gasteiger charge is -2.34. The maximum absolute atomic E-state index is 3.45. The summed E-state index contributed by atoms with van der Waals surface area (Å²) < 4.78 is 0. The highest BCUT2D eigenvalue weighted by Crippen LogP contribution is 2.21. The van der Waals surface area contributed by atoms with Crippen LogP contribution < -0.4 is 5.32 Å². The lowest BCUT2D eigenvalue weighted by molar-refractivity contribution is 0.166. The summed E-state index contributed by atoms with van der Waals surface area (Å²) in [4.78, 5) is 2.57. The van der Waals surface area contributed by atoms with Crippen molar-refractivity contribution in [3.05, 3.63) is 48.0 Å². The van der Waals surface area contributed by atoms with E-state index >= 15 is 0 Å². The second kappa shape index (κ2) is 6.38. The van der Waals surface area contributed by atoms with E-state index < -0.39 is 0 Å². The van der Waals surface area contributed by atoms with Crippen molar-refractivity contribution >= 4 is 23.2 Å². The van der Waals surface area contributed by atoms with Crippen molar-refractivity contribution in [1.29, 1.82) is 0 Å². The number of benzene rings is 2. The van der Waals surface area contributed by atoms with Gasteiger partial charge < -0.3 is 5.32 Å². The Balaban J connectivity index is 0.00000133. The van der Waals surface area contributed by atoms with Gasteiger partial charge in [0.15, 0.2) is 0 Å². The number of hydrogen-bond donors (Lipinski definition) is 1. The second-order valence-corrected chi connectivity index (χ2v) is 5.16. The number of nitrogens with one attached hydrogen (secondary N) is 1. The second-order valence-electron chi connectivity index (χ2n) is 5.16. The summed E-state index contributed by atoms with van der Waals surface area (Å²) in [6.07, 6.45) is 0. The zero-order valence-corrected chi connectivity index (χ0v) is 12.1. The molecule has 1 aliphatic rings. The highest BCUT2D eigenvalue weighted by atomic mass is 35.5. The molecule has 1 N–H and O–H groups in total. The number of halogens is 1. The quantitative estimate of drug-likeness (QED) is 0.907. The average Bonchev–Trinajstić information content (AvgIpc) is 2.42. The van der Waals surface area contributed by atoms with Gasteiger partial charge in [-0.1, -0.05) is 42.5 Å². The predicted octanol–water partition coefficient (Wildman–Crippen LogP) is 3.06. The van der Waals surface area contributed by atoms with E-state index in [0.29, 0.717) is 6.04 Å². The first-order valence-corrected chi connectivity index (χ1v) is 6.76. The minimum Gasteiger partial charge on any atom is -0.314 e. The third-order valence-electron chi connectivity index (χ3n) is 3.89. The summed E-state index contributed by atoms with van der Waals surface area (Å²) in [6.45, 7) is 6.71. The van der Waals surface area contributed by atoms with Crippen LogP contribution in [-0.4, -0.2) is 30.6 Å². The number of nitrogens with zero attached hydrogens (tertiary/aromatic N) is 1. The van der Waals surface area contributed by atoms with Gasteiger partial charge in [0.1, 0.15) is 0 Å². The zero-order valence-electron chi connectivity index (χ0n) is 11.3. The monoisotopic (exact) mass is 276 g/mol. The normalized spacial score (nSPS) is 20.2. The minimum atomic E-state index is 0. The number of piperazine rings is 1. The maximum atomic E-state index is 3.45. The molecule has 0 amide bonds. The van der Waals surface area contributed by atoms with E-state index in [9.17, 15) is 0 Å². The Morgan fingerprint density at radius 2 is 1.95 bits per heavy atom. The van der Waals surface area contributed by atoms with Gasteiger partial charge in [0, 0.05) is 32.2 Å². The Morgan fingerprint density at radius 1 is 1.16 bits per heavy atom. The third-order valence-corrected chi connectivity index (χ3v) is 3.89. The Bertz CT molecular complexity index is 536. The van der Waals surface area contributed by atoms with E-state index in [0.717, 1.165) is 26.2 Å². The van der Waals surface area contributed by atoms with Crippen LogP contribution in [0, 0.1) is 0 Å². The van der Waals surface area contributed by atoms with Crippen molar-refractivity contribution in [2.45, 2.75) is 19.5 Å². The zero-order chi connectivity index (χ0) is 12.4.